The fraction of sp³-hybridized carbons (Fsp3) is 0.278. The summed E-state index contributed by atoms with van der Waals surface area (Å²) >= 11 is 0. The van der Waals surface area contributed by atoms with Gasteiger partial charge in [0.1, 0.15) is 5.75 Å². The number of methoxy groups -OCH3 is 1. The highest BCUT2D eigenvalue weighted by Crippen LogP contribution is 2.22. The number of ether oxygens (including phenoxy) is 1. The summed E-state index contributed by atoms with van der Waals surface area (Å²) in [6.45, 7) is 1.15. The second-order valence-electron chi connectivity index (χ2n) is 5.66. The lowest BCUT2D eigenvalue weighted by Crippen LogP contribution is -2.33. The minimum atomic E-state index is -3.83. The smallest absolute Gasteiger partial charge is 0.261 e. The Hall–Kier alpha value is -2.58. The monoisotopic (exact) mass is 377 g/mol. The molecule has 26 heavy (non-hydrogen) atoms. The Bertz CT molecular complexity index is 851. The Balaban J connectivity index is 2.27. The zero-order chi connectivity index (χ0) is 19.2. The van der Waals surface area contributed by atoms with E-state index in [9.17, 15) is 13.2 Å². The van der Waals surface area contributed by atoms with Crippen molar-refractivity contribution in [1.82, 2.24) is 10.2 Å². The molecule has 2 rings (SSSR count). The minimum absolute atomic E-state index is 0.0871. The van der Waals surface area contributed by atoms with Crippen LogP contribution in [0.5, 0.6) is 5.75 Å². The van der Waals surface area contributed by atoms with Crippen molar-refractivity contribution in [2.45, 2.75) is 4.90 Å². The number of nitrogens with one attached hydrogen (secondary N) is 2. The normalized spacial score (nSPS) is 11.0. The second-order valence-corrected chi connectivity index (χ2v) is 7.34. The van der Waals surface area contributed by atoms with Crippen molar-refractivity contribution < 1.29 is 17.9 Å². The quantitative estimate of drug-likeness (QED) is 0.732. The first-order valence-electron chi connectivity index (χ1n) is 8.05. The van der Waals surface area contributed by atoms with Crippen LogP contribution >= 0.6 is 0 Å². The molecule has 7 nitrogen and oxygen atoms in total. The predicted octanol–water partition coefficient (Wildman–Crippen LogP) is 1.79. The number of anilines is 1. The van der Waals surface area contributed by atoms with Gasteiger partial charge in [0.25, 0.3) is 15.9 Å². The van der Waals surface area contributed by atoms with Crippen molar-refractivity contribution in [3.05, 3.63) is 54.1 Å². The Morgan fingerprint density at radius 2 is 1.77 bits per heavy atom. The number of hydrogen-bond acceptors (Lipinski definition) is 5. The lowest BCUT2D eigenvalue weighted by atomic mass is 10.1. The number of rotatable bonds is 8. The molecule has 0 heterocycles. The van der Waals surface area contributed by atoms with Gasteiger partial charge in [-0.15, -0.1) is 0 Å². The average Bonchev–Trinajstić information content (AvgIpc) is 2.65. The third-order valence-electron chi connectivity index (χ3n) is 3.82. The summed E-state index contributed by atoms with van der Waals surface area (Å²) in [4.78, 5) is 14.2. The summed E-state index contributed by atoms with van der Waals surface area (Å²) in [6.07, 6.45) is 0. The van der Waals surface area contributed by atoms with Gasteiger partial charge in [-0.2, -0.15) is 0 Å². The number of hydrogen-bond donors (Lipinski definition) is 2. The Kier molecular flexibility index (Phi) is 6.59. The predicted molar refractivity (Wildman–Crippen MR) is 101 cm³/mol. The summed E-state index contributed by atoms with van der Waals surface area (Å²) in [5, 5.41) is 2.97. The molecule has 0 aromatic heterocycles. The van der Waals surface area contributed by atoms with Crippen LogP contribution in [0.3, 0.4) is 0 Å². The number of carbonyl (C=O) groups is 1. The van der Waals surface area contributed by atoms with E-state index in [2.05, 4.69) is 10.0 Å². The molecule has 0 unspecified atom stereocenters. The molecule has 0 atom stereocenters. The Labute approximate surface area is 154 Å². The van der Waals surface area contributed by atoms with Crippen LogP contribution in [-0.4, -0.2) is 53.5 Å². The third kappa shape index (κ3) is 4.74. The van der Waals surface area contributed by atoms with Crippen molar-refractivity contribution in [2.75, 3.05) is 39.0 Å². The van der Waals surface area contributed by atoms with E-state index in [4.69, 9.17) is 4.74 Å². The summed E-state index contributed by atoms with van der Waals surface area (Å²) in [5.41, 5.74) is 0.535. The molecule has 0 saturated carbocycles. The van der Waals surface area contributed by atoms with Crippen molar-refractivity contribution in [1.29, 1.82) is 0 Å². The molecule has 2 N–H and O–H groups in total. The molecule has 140 valence electrons. The fourth-order valence-electron chi connectivity index (χ4n) is 2.30. The molecule has 2 aromatic rings. The lowest BCUT2D eigenvalue weighted by molar-refractivity contribution is 0.0798. The van der Waals surface area contributed by atoms with Gasteiger partial charge in [-0.1, -0.05) is 12.1 Å². The Morgan fingerprint density at radius 3 is 2.38 bits per heavy atom. The highest BCUT2D eigenvalue weighted by molar-refractivity contribution is 7.92. The molecule has 0 fully saturated rings. The van der Waals surface area contributed by atoms with Gasteiger partial charge < -0.3 is 15.0 Å². The molecule has 2 aromatic carbocycles. The zero-order valence-corrected chi connectivity index (χ0v) is 15.8. The minimum Gasteiger partial charge on any atom is -0.497 e. The number of carbonyl (C=O) groups excluding carboxylic acids is 1. The van der Waals surface area contributed by atoms with Crippen LogP contribution in [0, 0.1) is 0 Å². The van der Waals surface area contributed by atoms with Crippen LogP contribution in [0.1, 0.15) is 10.4 Å². The topological polar surface area (TPSA) is 87.7 Å². The van der Waals surface area contributed by atoms with E-state index < -0.39 is 10.0 Å². The van der Waals surface area contributed by atoms with Crippen molar-refractivity contribution in [3.63, 3.8) is 0 Å². The first-order chi connectivity index (χ1) is 12.4. The van der Waals surface area contributed by atoms with E-state index in [1.54, 1.807) is 50.5 Å². The second kappa shape index (κ2) is 8.68. The van der Waals surface area contributed by atoms with Crippen molar-refractivity contribution in [2.24, 2.45) is 0 Å². The van der Waals surface area contributed by atoms with Gasteiger partial charge in [-0.3, -0.25) is 9.52 Å². The van der Waals surface area contributed by atoms with E-state index in [0.717, 1.165) is 0 Å². The Morgan fingerprint density at radius 1 is 1.12 bits per heavy atom. The lowest BCUT2D eigenvalue weighted by Gasteiger charge is -2.19. The SMILES string of the molecule is CNCCN(C)C(=O)c1ccccc1NS(=O)(=O)c1ccc(OC)cc1. The molecule has 0 saturated heterocycles. The van der Waals surface area contributed by atoms with E-state index in [0.29, 0.717) is 24.4 Å². The molecule has 0 spiro atoms. The fourth-order valence-corrected chi connectivity index (χ4v) is 3.38. The highest BCUT2D eigenvalue weighted by Gasteiger charge is 2.20. The molecule has 0 aliphatic heterocycles. The van der Waals surface area contributed by atoms with Gasteiger partial charge in [0.05, 0.1) is 23.3 Å². The number of sulfonamides is 1. The van der Waals surface area contributed by atoms with Crippen molar-refractivity contribution in [3.8, 4) is 5.75 Å². The molecule has 0 aliphatic carbocycles. The van der Waals surface area contributed by atoms with Gasteiger partial charge >= 0.3 is 0 Å². The molecular formula is C18H23N3O4S. The van der Waals surface area contributed by atoms with Crippen LogP contribution in [0.15, 0.2) is 53.4 Å². The number of likely N-dealkylation sites (N-methyl/N-ethyl adjacent to an activating group) is 2. The molecule has 1 amide bonds. The third-order valence-corrected chi connectivity index (χ3v) is 5.20. The largest absolute Gasteiger partial charge is 0.497 e. The molecular weight excluding hydrogens is 354 g/mol. The van der Waals surface area contributed by atoms with Crippen LogP contribution in [0.2, 0.25) is 0 Å². The van der Waals surface area contributed by atoms with E-state index in [1.807, 2.05) is 0 Å². The number of nitrogens with zero attached hydrogens (tertiary/aromatic N) is 1. The van der Waals surface area contributed by atoms with Crippen molar-refractivity contribution >= 4 is 21.6 Å². The maximum atomic E-state index is 12.6. The van der Waals surface area contributed by atoms with Gasteiger partial charge in [0.15, 0.2) is 0 Å². The average molecular weight is 377 g/mol. The maximum absolute atomic E-state index is 12.6. The first kappa shape index (κ1) is 19.7. The van der Waals surface area contributed by atoms with E-state index in [1.165, 1.54) is 24.1 Å². The van der Waals surface area contributed by atoms with Crippen LogP contribution in [0.4, 0.5) is 5.69 Å². The summed E-state index contributed by atoms with van der Waals surface area (Å²) in [5.74, 6) is 0.305. The molecule has 0 radical (unpaired) electrons. The maximum Gasteiger partial charge on any atom is 0.261 e. The van der Waals surface area contributed by atoms with Crippen LogP contribution in [-0.2, 0) is 10.0 Å². The summed E-state index contributed by atoms with van der Waals surface area (Å²) in [7, 11) is 1.16. The zero-order valence-electron chi connectivity index (χ0n) is 15.0. The highest BCUT2D eigenvalue weighted by atomic mass is 32.2. The first-order valence-corrected chi connectivity index (χ1v) is 9.53. The van der Waals surface area contributed by atoms with E-state index >= 15 is 0 Å². The number of amides is 1. The molecule has 8 heteroatoms. The standard InChI is InChI=1S/C18H23N3O4S/c1-19-12-13-21(2)18(22)16-6-4-5-7-17(16)20-26(23,24)15-10-8-14(25-3)9-11-15/h4-11,19-20H,12-13H2,1-3H3. The van der Waals surface area contributed by atoms with Crippen LogP contribution in [0.25, 0.3) is 0 Å². The van der Waals surface area contributed by atoms with Gasteiger partial charge in [0.2, 0.25) is 0 Å². The molecule has 0 aliphatic rings. The summed E-state index contributed by atoms with van der Waals surface area (Å²) < 4.78 is 32.8. The summed E-state index contributed by atoms with van der Waals surface area (Å²) in [6, 6.07) is 12.6. The van der Waals surface area contributed by atoms with Gasteiger partial charge in [-0.25, -0.2) is 8.42 Å². The van der Waals surface area contributed by atoms with Crippen LogP contribution < -0.4 is 14.8 Å². The number of para-hydroxylation sites is 1. The number of benzene rings is 2. The van der Waals surface area contributed by atoms with Gasteiger partial charge in [0, 0.05) is 20.1 Å². The molecule has 0 bridgehead atoms. The van der Waals surface area contributed by atoms with Gasteiger partial charge in [-0.05, 0) is 43.4 Å². The van der Waals surface area contributed by atoms with E-state index in [-0.39, 0.29) is 16.5 Å².